The summed E-state index contributed by atoms with van der Waals surface area (Å²) in [6.07, 6.45) is 0.397. The van der Waals surface area contributed by atoms with E-state index in [1.165, 1.54) is 25.0 Å². The smallest absolute Gasteiger partial charge is 0.329 e. The molecule has 2 aromatic rings. The first-order chi connectivity index (χ1) is 12.0. The second kappa shape index (κ2) is 6.80. The van der Waals surface area contributed by atoms with Gasteiger partial charge in [-0.2, -0.15) is 0 Å². The lowest BCUT2D eigenvalue weighted by Crippen LogP contribution is -2.43. The topological polar surface area (TPSA) is 88.9 Å². The van der Waals surface area contributed by atoms with Crippen LogP contribution in [0.2, 0.25) is 0 Å². The summed E-state index contributed by atoms with van der Waals surface area (Å²) in [5.74, 6) is -0.529. The van der Waals surface area contributed by atoms with Gasteiger partial charge >= 0.3 is 5.97 Å². The third-order valence-corrected chi connectivity index (χ3v) is 4.05. The number of fused-ring (bicyclic) bond motifs is 1. The average Bonchev–Trinajstić information content (AvgIpc) is 3.23. The van der Waals surface area contributed by atoms with Crippen molar-refractivity contribution in [2.24, 2.45) is 0 Å². The third-order valence-electron chi connectivity index (χ3n) is 4.05. The molecule has 1 aromatic carbocycles. The van der Waals surface area contributed by atoms with Gasteiger partial charge in [0.15, 0.2) is 5.76 Å². The van der Waals surface area contributed by atoms with Crippen LogP contribution >= 0.6 is 0 Å². The average molecular weight is 342 g/mol. The largest absolute Gasteiger partial charge is 0.467 e. The molecule has 0 aliphatic carbocycles. The minimum absolute atomic E-state index is 0.103. The van der Waals surface area contributed by atoms with E-state index in [4.69, 9.17) is 9.15 Å². The standard InChI is InChI=1S/C18H18N2O5/c1-11(21)19-10-13-7-8-16(25-13)17(22)20-14-6-4-3-5-12(14)9-15(20)18(23)24-2/h3-8,15H,9-10H2,1-2H3,(H,19,21)/t15-/m0/s1. The van der Waals surface area contributed by atoms with Gasteiger partial charge in [0, 0.05) is 19.0 Å². The number of carbonyl (C=O) groups excluding carboxylic acids is 3. The Kier molecular flexibility index (Phi) is 4.56. The maximum Gasteiger partial charge on any atom is 0.329 e. The highest BCUT2D eigenvalue weighted by atomic mass is 16.5. The summed E-state index contributed by atoms with van der Waals surface area (Å²) in [7, 11) is 1.30. The number of carbonyl (C=O) groups is 3. The molecular formula is C18H18N2O5. The molecule has 0 saturated carbocycles. The molecule has 1 N–H and O–H groups in total. The molecule has 1 aliphatic rings. The van der Waals surface area contributed by atoms with Crippen LogP contribution in [-0.4, -0.2) is 30.9 Å². The van der Waals surface area contributed by atoms with Gasteiger partial charge in [0.2, 0.25) is 5.91 Å². The summed E-state index contributed by atoms with van der Waals surface area (Å²) < 4.78 is 10.4. The predicted octanol–water partition coefficient (Wildman–Crippen LogP) is 1.66. The van der Waals surface area contributed by atoms with E-state index >= 15 is 0 Å². The Hall–Kier alpha value is -3.09. The summed E-state index contributed by atoms with van der Waals surface area (Å²) in [4.78, 5) is 37.4. The van der Waals surface area contributed by atoms with Crippen molar-refractivity contribution in [2.75, 3.05) is 12.0 Å². The summed E-state index contributed by atoms with van der Waals surface area (Å²) >= 11 is 0. The van der Waals surface area contributed by atoms with E-state index in [0.717, 1.165) is 5.56 Å². The SMILES string of the molecule is COC(=O)[C@@H]1Cc2ccccc2N1C(=O)c1ccc(CNC(C)=O)o1. The van der Waals surface area contributed by atoms with E-state index in [-0.39, 0.29) is 18.2 Å². The van der Waals surface area contributed by atoms with Crippen molar-refractivity contribution < 1.29 is 23.5 Å². The molecule has 25 heavy (non-hydrogen) atoms. The molecule has 1 aromatic heterocycles. The zero-order valence-electron chi connectivity index (χ0n) is 13.9. The number of amides is 2. The van der Waals surface area contributed by atoms with Crippen LogP contribution in [0.25, 0.3) is 0 Å². The first kappa shape index (κ1) is 16.8. The van der Waals surface area contributed by atoms with Crippen molar-refractivity contribution in [3.05, 3.63) is 53.5 Å². The first-order valence-corrected chi connectivity index (χ1v) is 7.83. The highest BCUT2D eigenvalue weighted by Gasteiger charge is 2.40. The number of para-hydroxylation sites is 1. The number of hydrogen-bond donors (Lipinski definition) is 1. The van der Waals surface area contributed by atoms with Crippen molar-refractivity contribution >= 4 is 23.5 Å². The van der Waals surface area contributed by atoms with Gasteiger partial charge in [-0.1, -0.05) is 18.2 Å². The van der Waals surface area contributed by atoms with Gasteiger partial charge in [0.1, 0.15) is 11.8 Å². The molecule has 7 heteroatoms. The molecular weight excluding hydrogens is 324 g/mol. The molecule has 0 unspecified atom stereocenters. The number of hydrogen-bond acceptors (Lipinski definition) is 5. The maximum atomic E-state index is 12.9. The third kappa shape index (κ3) is 3.26. The van der Waals surface area contributed by atoms with E-state index in [9.17, 15) is 14.4 Å². The van der Waals surface area contributed by atoms with Crippen LogP contribution in [0.1, 0.15) is 28.8 Å². The molecule has 1 aliphatic heterocycles. The number of nitrogens with one attached hydrogen (secondary N) is 1. The molecule has 0 spiro atoms. The summed E-state index contributed by atoms with van der Waals surface area (Å²) in [6, 6.07) is 9.77. The van der Waals surface area contributed by atoms with Crippen LogP contribution in [0.3, 0.4) is 0 Å². The Morgan fingerprint density at radius 2 is 2.00 bits per heavy atom. The van der Waals surface area contributed by atoms with Crippen molar-refractivity contribution in [2.45, 2.75) is 25.9 Å². The maximum absolute atomic E-state index is 12.9. The molecule has 0 saturated heterocycles. The minimum Gasteiger partial charge on any atom is -0.467 e. The normalized spacial score (nSPS) is 15.6. The van der Waals surface area contributed by atoms with E-state index in [1.807, 2.05) is 18.2 Å². The minimum atomic E-state index is -0.723. The number of esters is 1. The predicted molar refractivity (Wildman–Crippen MR) is 89.0 cm³/mol. The van der Waals surface area contributed by atoms with Crippen molar-refractivity contribution in [1.29, 1.82) is 0 Å². The van der Waals surface area contributed by atoms with E-state index < -0.39 is 17.9 Å². The van der Waals surface area contributed by atoms with Gasteiger partial charge in [0.25, 0.3) is 5.91 Å². The summed E-state index contributed by atoms with van der Waals surface area (Å²) in [5, 5.41) is 2.60. The van der Waals surface area contributed by atoms with Crippen molar-refractivity contribution in [1.82, 2.24) is 5.32 Å². The summed E-state index contributed by atoms with van der Waals surface area (Å²) in [5.41, 5.74) is 1.57. The van der Waals surface area contributed by atoms with Crippen molar-refractivity contribution in [3.63, 3.8) is 0 Å². The van der Waals surface area contributed by atoms with Crippen molar-refractivity contribution in [3.8, 4) is 0 Å². The Bertz CT molecular complexity index is 826. The number of ether oxygens (including phenoxy) is 1. The van der Waals surface area contributed by atoms with Crippen LogP contribution in [-0.2, 0) is 27.3 Å². The number of rotatable bonds is 4. The van der Waals surface area contributed by atoms with E-state index in [2.05, 4.69) is 5.32 Å². The number of nitrogens with zero attached hydrogens (tertiary/aromatic N) is 1. The van der Waals surface area contributed by atoms with Crippen LogP contribution in [0.5, 0.6) is 0 Å². The monoisotopic (exact) mass is 342 g/mol. The van der Waals surface area contributed by atoms with Gasteiger partial charge in [-0.15, -0.1) is 0 Å². The molecule has 1 atom stereocenters. The lowest BCUT2D eigenvalue weighted by Gasteiger charge is -2.22. The zero-order valence-corrected chi connectivity index (χ0v) is 13.9. The fourth-order valence-electron chi connectivity index (χ4n) is 2.88. The fraction of sp³-hybridized carbons (Fsp3) is 0.278. The molecule has 3 rings (SSSR count). The lowest BCUT2D eigenvalue weighted by atomic mass is 10.1. The number of anilines is 1. The quantitative estimate of drug-likeness (QED) is 0.854. The number of benzene rings is 1. The molecule has 2 amide bonds. The van der Waals surface area contributed by atoms with Gasteiger partial charge < -0.3 is 14.5 Å². The Morgan fingerprint density at radius 1 is 1.24 bits per heavy atom. The Labute approximate surface area is 144 Å². The molecule has 0 radical (unpaired) electrons. The molecule has 0 fully saturated rings. The zero-order chi connectivity index (χ0) is 18.0. The van der Waals surface area contributed by atoms with E-state index in [1.54, 1.807) is 12.1 Å². The van der Waals surface area contributed by atoms with Gasteiger partial charge in [0.05, 0.1) is 13.7 Å². The fourth-order valence-corrected chi connectivity index (χ4v) is 2.88. The number of furan rings is 1. The highest BCUT2D eigenvalue weighted by molar-refractivity contribution is 6.09. The van der Waals surface area contributed by atoms with Crippen LogP contribution in [0, 0.1) is 0 Å². The lowest BCUT2D eigenvalue weighted by molar-refractivity contribution is -0.141. The summed E-state index contributed by atoms with van der Waals surface area (Å²) in [6.45, 7) is 1.59. The number of methoxy groups -OCH3 is 1. The first-order valence-electron chi connectivity index (χ1n) is 7.83. The van der Waals surface area contributed by atoms with Crippen LogP contribution in [0.15, 0.2) is 40.8 Å². The second-order valence-electron chi connectivity index (χ2n) is 5.72. The van der Waals surface area contributed by atoms with Crippen LogP contribution in [0.4, 0.5) is 5.69 Å². The van der Waals surface area contributed by atoms with E-state index in [0.29, 0.717) is 17.9 Å². The Morgan fingerprint density at radius 3 is 2.72 bits per heavy atom. The molecule has 130 valence electrons. The molecule has 7 nitrogen and oxygen atoms in total. The highest BCUT2D eigenvalue weighted by Crippen LogP contribution is 2.34. The van der Waals surface area contributed by atoms with Gasteiger partial charge in [-0.05, 0) is 23.8 Å². The molecule has 0 bridgehead atoms. The van der Waals surface area contributed by atoms with Crippen LogP contribution < -0.4 is 10.2 Å². The van der Waals surface area contributed by atoms with Gasteiger partial charge in [-0.25, -0.2) is 4.79 Å². The Balaban J connectivity index is 1.88. The second-order valence-corrected chi connectivity index (χ2v) is 5.72. The van der Waals surface area contributed by atoms with Gasteiger partial charge in [-0.3, -0.25) is 14.5 Å². The molecule has 2 heterocycles.